The number of carbonyl (C=O) groups excluding carboxylic acids is 2. The Kier molecular flexibility index (Phi) is 5.58. The molecule has 0 aliphatic carbocycles. The molecule has 2 aromatic carbocycles. The highest BCUT2D eigenvalue weighted by Gasteiger charge is 2.21. The number of hydrogen-bond donors (Lipinski definition) is 1. The quantitative estimate of drug-likeness (QED) is 0.639. The van der Waals surface area contributed by atoms with Crippen molar-refractivity contribution < 1.29 is 32.3 Å². The summed E-state index contributed by atoms with van der Waals surface area (Å²) in [6.07, 6.45) is 0. The molecule has 3 rings (SSSR count). The van der Waals surface area contributed by atoms with E-state index in [9.17, 15) is 18.4 Å². The molecule has 1 amide bonds. The summed E-state index contributed by atoms with van der Waals surface area (Å²) in [5.41, 5.74) is 0.389. The maximum absolute atomic E-state index is 13.5. The van der Waals surface area contributed by atoms with Gasteiger partial charge in [0.25, 0.3) is 5.91 Å². The van der Waals surface area contributed by atoms with Gasteiger partial charge >= 0.3 is 5.97 Å². The van der Waals surface area contributed by atoms with Gasteiger partial charge in [0.05, 0.1) is 6.61 Å². The van der Waals surface area contributed by atoms with Crippen LogP contribution in [0.2, 0.25) is 0 Å². The van der Waals surface area contributed by atoms with Gasteiger partial charge in [0.2, 0.25) is 5.76 Å². The number of benzene rings is 2. The number of anilines is 1. The van der Waals surface area contributed by atoms with Crippen molar-refractivity contribution in [1.29, 1.82) is 0 Å². The zero-order valence-corrected chi connectivity index (χ0v) is 15.2. The number of amides is 1. The van der Waals surface area contributed by atoms with Crippen LogP contribution in [-0.2, 0) is 9.53 Å². The zero-order chi connectivity index (χ0) is 20.3. The van der Waals surface area contributed by atoms with E-state index in [1.165, 1.54) is 6.07 Å². The van der Waals surface area contributed by atoms with Gasteiger partial charge in [0.15, 0.2) is 6.61 Å². The Morgan fingerprint density at radius 3 is 2.54 bits per heavy atom. The Balaban J connectivity index is 1.69. The summed E-state index contributed by atoms with van der Waals surface area (Å²) < 4.78 is 42.9. The lowest BCUT2D eigenvalue weighted by molar-refractivity contribution is -0.119. The van der Waals surface area contributed by atoms with E-state index >= 15 is 0 Å². The van der Waals surface area contributed by atoms with Crippen molar-refractivity contribution in [1.82, 2.24) is 0 Å². The Labute approximate surface area is 159 Å². The van der Waals surface area contributed by atoms with Crippen LogP contribution in [0, 0.1) is 18.6 Å². The average molecular weight is 389 g/mol. The highest BCUT2D eigenvalue weighted by Crippen LogP contribution is 2.29. The molecule has 0 bridgehead atoms. The Hall–Kier alpha value is -3.42. The third-order valence-electron chi connectivity index (χ3n) is 3.97. The standard InChI is InChI=1S/C20H17F2NO5/c1-3-26-12-7-8-16-13(9-12)11(2)19(28-16)20(25)27-10-17(24)23-18-14(21)5-4-6-15(18)22/h4-9H,3,10H2,1-2H3,(H,23,24). The predicted molar refractivity (Wildman–Crippen MR) is 97.4 cm³/mol. The van der Waals surface area contributed by atoms with Crippen LogP contribution in [0.4, 0.5) is 14.5 Å². The van der Waals surface area contributed by atoms with Crippen LogP contribution in [0.5, 0.6) is 5.75 Å². The number of hydrogen-bond acceptors (Lipinski definition) is 5. The van der Waals surface area contributed by atoms with Gasteiger partial charge in [0.1, 0.15) is 28.7 Å². The molecule has 0 radical (unpaired) electrons. The molecule has 1 N–H and O–H groups in total. The first-order valence-electron chi connectivity index (χ1n) is 8.47. The van der Waals surface area contributed by atoms with Crippen LogP contribution >= 0.6 is 0 Å². The molecular weight excluding hydrogens is 372 g/mol. The summed E-state index contributed by atoms with van der Waals surface area (Å²) in [5, 5.41) is 2.71. The number of aryl methyl sites for hydroxylation is 1. The number of halogens is 2. The Bertz CT molecular complexity index is 1020. The average Bonchev–Trinajstić information content (AvgIpc) is 3.00. The lowest BCUT2D eigenvalue weighted by Crippen LogP contribution is -2.22. The summed E-state index contributed by atoms with van der Waals surface area (Å²) in [4.78, 5) is 24.1. The topological polar surface area (TPSA) is 77.8 Å². The Morgan fingerprint density at radius 1 is 1.14 bits per heavy atom. The summed E-state index contributed by atoms with van der Waals surface area (Å²) in [7, 11) is 0. The van der Waals surface area contributed by atoms with Gasteiger partial charge in [-0.3, -0.25) is 4.79 Å². The third kappa shape index (κ3) is 3.95. The predicted octanol–water partition coefficient (Wildman–Crippen LogP) is 4.21. The summed E-state index contributed by atoms with van der Waals surface area (Å²) in [6.45, 7) is 3.29. The molecule has 1 heterocycles. The number of rotatable bonds is 6. The molecule has 0 spiro atoms. The van der Waals surface area contributed by atoms with Gasteiger partial charge in [-0.05, 0) is 44.2 Å². The normalized spacial score (nSPS) is 10.7. The maximum Gasteiger partial charge on any atom is 0.375 e. The number of fused-ring (bicyclic) bond motifs is 1. The molecule has 0 saturated carbocycles. The van der Waals surface area contributed by atoms with Crippen molar-refractivity contribution in [3.63, 3.8) is 0 Å². The second kappa shape index (κ2) is 8.08. The summed E-state index contributed by atoms with van der Waals surface area (Å²) in [5.74, 6) is -3.05. The van der Waals surface area contributed by atoms with E-state index in [1.54, 1.807) is 25.1 Å². The van der Waals surface area contributed by atoms with Crippen molar-refractivity contribution >= 4 is 28.5 Å². The van der Waals surface area contributed by atoms with Crippen molar-refractivity contribution in [2.75, 3.05) is 18.5 Å². The first kappa shape index (κ1) is 19.3. The molecule has 0 fully saturated rings. The van der Waals surface area contributed by atoms with E-state index in [-0.39, 0.29) is 5.76 Å². The highest BCUT2D eigenvalue weighted by atomic mass is 19.1. The van der Waals surface area contributed by atoms with E-state index in [2.05, 4.69) is 0 Å². The lowest BCUT2D eigenvalue weighted by atomic mass is 10.1. The summed E-state index contributed by atoms with van der Waals surface area (Å²) >= 11 is 0. The maximum atomic E-state index is 13.5. The minimum atomic E-state index is -0.932. The minimum absolute atomic E-state index is 0.0616. The number of furan rings is 1. The molecular formula is C20H17F2NO5. The van der Waals surface area contributed by atoms with Gasteiger partial charge in [-0.2, -0.15) is 0 Å². The molecule has 8 heteroatoms. The van der Waals surface area contributed by atoms with Gasteiger partial charge < -0.3 is 19.2 Å². The van der Waals surface area contributed by atoms with Gasteiger partial charge in [-0.1, -0.05) is 6.07 Å². The van der Waals surface area contributed by atoms with Gasteiger partial charge in [-0.25, -0.2) is 13.6 Å². The number of ether oxygens (including phenoxy) is 2. The van der Waals surface area contributed by atoms with Crippen molar-refractivity contribution in [3.05, 3.63) is 59.4 Å². The molecule has 3 aromatic rings. The Morgan fingerprint density at radius 2 is 1.86 bits per heavy atom. The minimum Gasteiger partial charge on any atom is -0.494 e. The first-order chi connectivity index (χ1) is 13.4. The smallest absolute Gasteiger partial charge is 0.375 e. The fourth-order valence-corrected chi connectivity index (χ4v) is 2.64. The van der Waals surface area contributed by atoms with E-state index < -0.39 is 35.8 Å². The molecule has 0 aliphatic rings. The van der Waals surface area contributed by atoms with Crippen LogP contribution < -0.4 is 10.1 Å². The largest absolute Gasteiger partial charge is 0.494 e. The molecule has 0 atom stereocenters. The first-order valence-corrected chi connectivity index (χ1v) is 8.47. The van der Waals surface area contributed by atoms with Gasteiger partial charge in [-0.15, -0.1) is 0 Å². The van der Waals surface area contributed by atoms with Crippen LogP contribution in [0.15, 0.2) is 40.8 Å². The summed E-state index contributed by atoms with van der Waals surface area (Å²) in [6, 6.07) is 8.28. The highest BCUT2D eigenvalue weighted by molar-refractivity contribution is 5.98. The molecule has 0 unspecified atom stereocenters. The lowest BCUT2D eigenvalue weighted by Gasteiger charge is -2.07. The van der Waals surface area contributed by atoms with Crippen molar-refractivity contribution in [2.24, 2.45) is 0 Å². The van der Waals surface area contributed by atoms with Crippen molar-refractivity contribution in [2.45, 2.75) is 13.8 Å². The number of nitrogens with one attached hydrogen (secondary N) is 1. The zero-order valence-electron chi connectivity index (χ0n) is 15.2. The van der Waals surface area contributed by atoms with E-state index in [1.807, 2.05) is 12.2 Å². The second-order valence-electron chi connectivity index (χ2n) is 5.87. The van der Waals surface area contributed by atoms with E-state index in [0.29, 0.717) is 28.9 Å². The number of esters is 1. The molecule has 146 valence electrons. The van der Waals surface area contributed by atoms with Crippen molar-refractivity contribution in [3.8, 4) is 5.75 Å². The fraction of sp³-hybridized carbons (Fsp3) is 0.200. The molecule has 6 nitrogen and oxygen atoms in total. The molecule has 0 saturated heterocycles. The fourth-order valence-electron chi connectivity index (χ4n) is 2.64. The van der Waals surface area contributed by atoms with E-state index in [4.69, 9.17) is 13.9 Å². The monoisotopic (exact) mass is 389 g/mol. The van der Waals surface area contributed by atoms with Crippen LogP contribution in [0.3, 0.4) is 0 Å². The van der Waals surface area contributed by atoms with E-state index in [0.717, 1.165) is 12.1 Å². The van der Waals surface area contributed by atoms with Crippen LogP contribution in [-0.4, -0.2) is 25.1 Å². The third-order valence-corrected chi connectivity index (χ3v) is 3.97. The van der Waals surface area contributed by atoms with Crippen LogP contribution in [0.25, 0.3) is 11.0 Å². The second-order valence-corrected chi connectivity index (χ2v) is 5.87. The molecule has 28 heavy (non-hydrogen) atoms. The molecule has 1 aromatic heterocycles. The molecule has 0 aliphatic heterocycles. The number of carbonyl (C=O) groups is 2. The number of para-hydroxylation sites is 1. The SMILES string of the molecule is CCOc1ccc2oc(C(=O)OCC(=O)Nc3c(F)cccc3F)c(C)c2c1. The van der Waals surface area contributed by atoms with Gasteiger partial charge in [0, 0.05) is 10.9 Å². The van der Waals surface area contributed by atoms with Crippen LogP contribution in [0.1, 0.15) is 23.0 Å².